The lowest BCUT2D eigenvalue weighted by molar-refractivity contribution is -0.00289. The third-order valence-corrected chi connectivity index (χ3v) is 4.67. The molecule has 1 heterocycles. The summed E-state index contributed by atoms with van der Waals surface area (Å²) in [5.74, 6) is 0. The molecule has 0 aliphatic carbocycles. The molecule has 0 amide bonds. The molecule has 0 N–H and O–H groups in total. The molecule has 106 valence electrons. The van der Waals surface area contributed by atoms with Crippen molar-refractivity contribution in [2.24, 2.45) is 0 Å². The number of hydrogen-bond donors (Lipinski definition) is 0. The number of rotatable bonds is 4. The predicted octanol–water partition coefficient (Wildman–Crippen LogP) is 3.03. The number of benzene rings is 1. The lowest BCUT2D eigenvalue weighted by atomic mass is 9.93. The van der Waals surface area contributed by atoms with E-state index in [0.29, 0.717) is 18.1 Å². The first kappa shape index (κ1) is 14.5. The minimum absolute atomic E-state index is 0.633. The Labute approximate surface area is 118 Å². The highest BCUT2D eigenvalue weighted by Gasteiger charge is 2.35. The molecular formula is C17H28N2. The van der Waals surface area contributed by atoms with Gasteiger partial charge in [0.15, 0.2) is 0 Å². The van der Waals surface area contributed by atoms with Crippen molar-refractivity contribution >= 4 is 0 Å². The van der Waals surface area contributed by atoms with Crippen molar-refractivity contribution in [1.29, 1.82) is 0 Å². The van der Waals surface area contributed by atoms with Gasteiger partial charge in [-0.1, -0.05) is 44.2 Å². The summed E-state index contributed by atoms with van der Waals surface area (Å²) in [6.07, 6.45) is 1.17. The van der Waals surface area contributed by atoms with Gasteiger partial charge in [0.05, 0.1) is 0 Å². The molecule has 0 radical (unpaired) electrons. The smallest absolute Gasteiger partial charge is 0.0289 e. The van der Waals surface area contributed by atoms with E-state index in [4.69, 9.17) is 0 Å². The summed E-state index contributed by atoms with van der Waals surface area (Å²) < 4.78 is 0. The molecule has 1 aliphatic heterocycles. The van der Waals surface area contributed by atoms with Gasteiger partial charge in [-0.25, -0.2) is 0 Å². The number of hydrogen-bond acceptors (Lipinski definition) is 2. The monoisotopic (exact) mass is 260 g/mol. The predicted molar refractivity (Wildman–Crippen MR) is 82.5 cm³/mol. The summed E-state index contributed by atoms with van der Waals surface area (Å²) in [6, 6.07) is 12.9. The van der Waals surface area contributed by atoms with Gasteiger partial charge in [0.2, 0.25) is 0 Å². The molecule has 1 saturated heterocycles. The van der Waals surface area contributed by atoms with Crippen molar-refractivity contribution in [1.82, 2.24) is 9.80 Å². The largest absolute Gasteiger partial charge is 0.297 e. The van der Waals surface area contributed by atoms with E-state index < -0.39 is 0 Å². The zero-order valence-electron chi connectivity index (χ0n) is 12.8. The Morgan fingerprint density at radius 3 is 2.32 bits per heavy atom. The van der Waals surface area contributed by atoms with Crippen molar-refractivity contribution in [2.75, 3.05) is 19.6 Å². The van der Waals surface area contributed by atoms with Crippen LogP contribution in [-0.4, -0.2) is 47.6 Å². The van der Waals surface area contributed by atoms with Crippen LogP contribution in [0.3, 0.4) is 0 Å². The van der Waals surface area contributed by atoms with Gasteiger partial charge in [0.25, 0.3) is 0 Å². The third kappa shape index (κ3) is 3.18. The normalized spacial score (nSPS) is 29.6. The molecule has 1 aromatic rings. The average molecular weight is 260 g/mol. The lowest BCUT2D eigenvalue weighted by Gasteiger charge is -2.49. The summed E-state index contributed by atoms with van der Waals surface area (Å²) in [4.78, 5) is 5.31. The molecule has 0 bridgehead atoms. The molecular weight excluding hydrogens is 232 g/mol. The first-order chi connectivity index (χ1) is 9.17. The second-order valence-electron chi connectivity index (χ2n) is 5.76. The second kappa shape index (κ2) is 6.53. The summed E-state index contributed by atoms with van der Waals surface area (Å²) in [6.45, 7) is 12.9. The van der Waals surface area contributed by atoms with E-state index in [1.54, 1.807) is 0 Å². The van der Waals surface area contributed by atoms with Crippen LogP contribution in [0.2, 0.25) is 0 Å². The van der Waals surface area contributed by atoms with E-state index in [0.717, 1.165) is 13.1 Å². The van der Waals surface area contributed by atoms with Crippen LogP contribution < -0.4 is 0 Å². The molecule has 0 spiro atoms. The van der Waals surface area contributed by atoms with Gasteiger partial charge in [0, 0.05) is 24.7 Å². The molecule has 3 atom stereocenters. The van der Waals surface area contributed by atoms with Crippen LogP contribution in [0.4, 0.5) is 0 Å². The Balaban J connectivity index is 2.15. The Bertz CT molecular complexity index is 376. The molecule has 3 unspecified atom stereocenters. The molecule has 0 saturated carbocycles. The molecule has 2 rings (SSSR count). The lowest BCUT2D eigenvalue weighted by Crippen LogP contribution is -2.62. The fourth-order valence-corrected chi connectivity index (χ4v) is 3.63. The Hall–Kier alpha value is -0.860. The van der Waals surface area contributed by atoms with Crippen molar-refractivity contribution < 1.29 is 0 Å². The van der Waals surface area contributed by atoms with Crippen LogP contribution in [0.5, 0.6) is 0 Å². The first-order valence-electron chi connectivity index (χ1n) is 7.71. The molecule has 2 nitrogen and oxygen atoms in total. The topological polar surface area (TPSA) is 6.48 Å². The number of piperazine rings is 1. The van der Waals surface area contributed by atoms with E-state index in [2.05, 4.69) is 67.8 Å². The maximum Gasteiger partial charge on any atom is 0.0289 e. The summed E-state index contributed by atoms with van der Waals surface area (Å²) >= 11 is 0. The summed E-state index contributed by atoms with van der Waals surface area (Å²) in [5, 5.41) is 0. The van der Waals surface area contributed by atoms with Gasteiger partial charge >= 0.3 is 0 Å². The van der Waals surface area contributed by atoms with Gasteiger partial charge in [-0.3, -0.25) is 9.80 Å². The van der Waals surface area contributed by atoms with Crippen LogP contribution in [0.15, 0.2) is 30.3 Å². The van der Waals surface area contributed by atoms with Gasteiger partial charge in [-0.2, -0.15) is 0 Å². The van der Waals surface area contributed by atoms with E-state index in [1.807, 2.05) is 0 Å². The highest BCUT2D eigenvalue weighted by Crippen LogP contribution is 2.24. The Kier molecular flexibility index (Phi) is 5.00. The zero-order chi connectivity index (χ0) is 13.8. The molecule has 1 aromatic carbocycles. The SMILES string of the molecule is CCN1CC(C)N(CC)C(C)C1Cc1ccccc1. The summed E-state index contributed by atoms with van der Waals surface area (Å²) in [7, 11) is 0. The third-order valence-electron chi connectivity index (χ3n) is 4.67. The quantitative estimate of drug-likeness (QED) is 0.821. The number of nitrogens with zero attached hydrogens (tertiary/aromatic N) is 2. The standard InChI is InChI=1S/C17H28N2/c1-5-18-13-14(3)19(6-2)15(4)17(18)12-16-10-8-7-9-11-16/h7-11,14-15,17H,5-6,12-13H2,1-4H3. The molecule has 1 aliphatic rings. The Morgan fingerprint density at radius 1 is 1.05 bits per heavy atom. The molecule has 0 aromatic heterocycles. The van der Waals surface area contributed by atoms with E-state index in [1.165, 1.54) is 18.5 Å². The fraction of sp³-hybridized carbons (Fsp3) is 0.647. The van der Waals surface area contributed by atoms with Crippen molar-refractivity contribution in [3.63, 3.8) is 0 Å². The van der Waals surface area contributed by atoms with Gasteiger partial charge in [0.1, 0.15) is 0 Å². The highest BCUT2D eigenvalue weighted by atomic mass is 15.3. The van der Waals surface area contributed by atoms with E-state index >= 15 is 0 Å². The highest BCUT2D eigenvalue weighted by molar-refractivity contribution is 5.17. The van der Waals surface area contributed by atoms with Crippen LogP contribution in [0, 0.1) is 0 Å². The fourth-order valence-electron chi connectivity index (χ4n) is 3.63. The zero-order valence-corrected chi connectivity index (χ0v) is 12.8. The van der Waals surface area contributed by atoms with Crippen LogP contribution >= 0.6 is 0 Å². The molecule has 1 fully saturated rings. The van der Waals surface area contributed by atoms with Crippen LogP contribution in [-0.2, 0) is 6.42 Å². The van der Waals surface area contributed by atoms with Crippen molar-refractivity contribution in [3.8, 4) is 0 Å². The summed E-state index contributed by atoms with van der Waals surface area (Å²) in [5.41, 5.74) is 1.46. The maximum atomic E-state index is 2.66. The van der Waals surface area contributed by atoms with Crippen LogP contribution in [0.25, 0.3) is 0 Å². The minimum Gasteiger partial charge on any atom is -0.297 e. The average Bonchev–Trinajstić information content (AvgIpc) is 2.43. The molecule has 2 heteroatoms. The Morgan fingerprint density at radius 2 is 1.74 bits per heavy atom. The number of likely N-dealkylation sites (N-methyl/N-ethyl adjacent to an activating group) is 2. The van der Waals surface area contributed by atoms with E-state index in [-0.39, 0.29) is 0 Å². The van der Waals surface area contributed by atoms with Gasteiger partial charge in [-0.15, -0.1) is 0 Å². The van der Waals surface area contributed by atoms with Crippen molar-refractivity contribution in [2.45, 2.75) is 52.2 Å². The van der Waals surface area contributed by atoms with Crippen LogP contribution in [0.1, 0.15) is 33.3 Å². The van der Waals surface area contributed by atoms with Crippen molar-refractivity contribution in [3.05, 3.63) is 35.9 Å². The van der Waals surface area contributed by atoms with Gasteiger partial charge in [-0.05, 0) is 38.9 Å². The maximum absolute atomic E-state index is 2.66. The second-order valence-corrected chi connectivity index (χ2v) is 5.76. The molecule has 19 heavy (non-hydrogen) atoms. The van der Waals surface area contributed by atoms with Gasteiger partial charge < -0.3 is 0 Å². The first-order valence-corrected chi connectivity index (χ1v) is 7.71. The van der Waals surface area contributed by atoms with E-state index in [9.17, 15) is 0 Å². The minimum atomic E-state index is 0.633.